The van der Waals surface area contributed by atoms with Gasteiger partial charge in [-0.2, -0.15) is 10.2 Å². The number of ketones is 1. The monoisotopic (exact) mass is 345 g/mol. The lowest BCUT2D eigenvalue weighted by molar-refractivity contribution is -0.122. The lowest BCUT2D eigenvalue weighted by atomic mass is 9.67. The van der Waals surface area contributed by atoms with E-state index in [2.05, 4.69) is 47.6 Å². The fourth-order valence-corrected chi connectivity index (χ4v) is 4.27. The zero-order valence-corrected chi connectivity index (χ0v) is 15.5. The summed E-state index contributed by atoms with van der Waals surface area (Å²) in [5.74, 6) is 1.24. The summed E-state index contributed by atoms with van der Waals surface area (Å²) in [6.45, 7) is 9.25. The Morgan fingerprint density at radius 3 is 2.76 bits per heavy atom. The summed E-state index contributed by atoms with van der Waals surface area (Å²) in [5, 5.41) is 19.9. The highest BCUT2D eigenvalue weighted by Gasteiger charge is 2.55. The van der Waals surface area contributed by atoms with Gasteiger partial charge in [0.1, 0.15) is 0 Å². The van der Waals surface area contributed by atoms with Gasteiger partial charge < -0.3 is 9.84 Å². The number of nitrogens with zero attached hydrogens (tertiary/aromatic N) is 3. The number of hydrogen-bond acceptors (Lipinski definition) is 7. The zero-order valence-electron chi connectivity index (χ0n) is 15.5. The van der Waals surface area contributed by atoms with Crippen molar-refractivity contribution in [2.24, 2.45) is 5.41 Å². The van der Waals surface area contributed by atoms with Crippen molar-refractivity contribution in [3.8, 4) is 6.07 Å². The lowest BCUT2D eigenvalue weighted by Crippen LogP contribution is -2.53. The number of hydrogen-bond donors (Lipinski definition) is 2. The smallest absolute Gasteiger partial charge is 0.233 e. The van der Waals surface area contributed by atoms with Gasteiger partial charge in [-0.25, -0.2) is 0 Å². The quantitative estimate of drug-likeness (QED) is 0.836. The average molecular weight is 345 g/mol. The molecule has 1 saturated heterocycles. The average Bonchev–Trinajstić information content (AvgIpc) is 3.27. The summed E-state index contributed by atoms with van der Waals surface area (Å²) < 4.78 is 5.47. The molecule has 0 spiro atoms. The fraction of sp³-hybridized carbons (Fsp3) is 0.778. The number of nitrogens with one attached hydrogen (secondary N) is 2. The maximum absolute atomic E-state index is 12.6. The van der Waals surface area contributed by atoms with Crippen molar-refractivity contribution in [3.05, 3.63) is 11.7 Å². The Kier molecular flexibility index (Phi) is 4.46. The van der Waals surface area contributed by atoms with Gasteiger partial charge in [-0.3, -0.25) is 10.1 Å². The molecule has 1 aromatic rings. The third-order valence-corrected chi connectivity index (χ3v) is 6.56. The first-order valence-corrected chi connectivity index (χ1v) is 8.99. The summed E-state index contributed by atoms with van der Waals surface area (Å²) in [6, 6.07) is 2.33. The first-order valence-electron chi connectivity index (χ1n) is 8.99. The molecule has 0 amide bonds. The number of carbonyl (C=O) groups excluding carboxylic acids is 1. The Bertz CT molecular complexity index is 699. The van der Waals surface area contributed by atoms with Crippen LogP contribution in [0.15, 0.2) is 4.52 Å². The van der Waals surface area contributed by atoms with Crippen LogP contribution in [0, 0.1) is 23.7 Å². The van der Waals surface area contributed by atoms with Crippen LogP contribution in [0.3, 0.4) is 0 Å². The molecule has 1 aliphatic carbocycles. The first kappa shape index (κ1) is 18.0. The van der Waals surface area contributed by atoms with E-state index in [-0.39, 0.29) is 29.2 Å². The van der Waals surface area contributed by atoms with Crippen molar-refractivity contribution in [2.45, 2.75) is 70.4 Å². The third kappa shape index (κ3) is 2.77. The summed E-state index contributed by atoms with van der Waals surface area (Å²) in [6.07, 6.45) is 3.29. The van der Waals surface area contributed by atoms with E-state index in [1.165, 1.54) is 0 Å². The van der Waals surface area contributed by atoms with E-state index < -0.39 is 5.54 Å². The normalized spacial score (nSPS) is 34.1. The van der Waals surface area contributed by atoms with Gasteiger partial charge in [-0.05, 0) is 44.6 Å². The topological polar surface area (TPSA) is 104 Å². The van der Waals surface area contributed by atoms with Crippen molar-refractivity contribution in [1.29, 1.82) is 5.26 Å². The molecule has 0 aromatic carbocycles. The predicted octanol–water partition coefficient (Wildman–Crippen LogP) is 1.63. The fourth-order valence-electron chi connectivity index (χ4n) is 4.27. The van der Waals surface area contributed by atoms with Crippen LogP contribution in [-0.2, 0) is 10.2 Å². The molecule has 3 rings (SSSR count). The van der Waals surface area contributed by atoms with E-state index in [1.807, 2.05) is 6.92 Å². The number of rotatable bonds is 5. The van der Waals surface area contributed by atoms with E-state index in [0.29, 0.717) is 18.1 Å². The molecule has 1 unspecified atom stereocenters. The van der Waals surface area contributed by atoms with Crippen LogP contribution < -0.4 is 10.6 Å². The predicted molar refractivity (Wildman–Crippen MR) is 91.8 cm³/mol. The molecule has 0 radical (unpaired) electrons. The molecule has 7 heteroatoms. The highest BCUT2D eigenvalue weighted by Crippen LogP contribution is 2.53. The largest absolute Gasteiger partial charge is 0.339 e. The number of aryl methyl sites for hydroxylation is 1. The van der Waals surface area contributed by atoms with Crippen LogP contribution in [0.1, 0.15) is 58.2 Å². The minimum atomic E-state index is -1.01. The molecule has 2 fully saturated rings. The molecule has 136 valence electrons. The Hall–Kier alpha value is -1.78. The van der Waals surface area contributed by atoms with Gasteiger partial charge in [0.05, 0.1) is 18.0 Å². The van der Waals surface area contributed by atoms with Gasteiger partial charge in [0.25, 0.3) is 0 Å². The second-order valence-corrected chi connectivity index (χ2v) is 8.14. The number of Topliss-reactive ketones (excluding diaryl/α,β-unsaturated/α-hetero) is 1. The highest BCUT2D eigenvalue weighted by molar-refractivity contribution is 5.93. The zero-order chi connectivity index (χ0) is 18.3. The van der Waals surface area contributed by atoms with Gasteiger partial charge in [0.2, 0.25) is 5.89 Å². The first-order chi connectivity index (χ1) is 11.7. The number of aromatic nitrogens is 2. The van der Waals surface area contributed by atoms with Crippen molar-refractivity contribution in [3.63, 3.8) is 0 Å². The Labute approximate surface area is 148 Å². The molecule has 25 heavy (non-hydrogen) atoms. The Morgan fingerprint density at radius 1 is 1.44 bits per heavy atom. The molecule has 2 N–H and O–H groups in total. The molecule has 0 bridgehead atoms. The molecule has 1 aromatic heterocycles. The molecule has 3 atom stereocenters. The van der Waals surface area contributed by atoms with E-state index in [1.54, 1.807) is 0 Å². The minimum absolute atomic E-state index is 0.0643. The van der Waals surface area contributed by atoms with Crippen LogP contribution in [0.2, 0.25) is 0 Å². The maximum atomic E-state index is 12.6. The van der Waals surface area contributed by atoms with E-state index in [9.17, 15) is 10.1 Å². The SMILES string of the molecule is Cc1noc([C@]2(C)CC[C@H](NCC(=O)C3(C#N)CCCN3)C2(C)C)n1. The maximum Gasteiger partial charge on any atom is 0.233 e. The second kappa shape index (κ2) is 6.19. The van der Waals surface area contributed by atoms with Gasteiger partial charge in [0, 0.05) is 6.04 Å². The van der Waals surface area contributed by atoms with Crippen LogP contribution in [-0.4, -0.2) is 40.6 Å². The molecule has 1 saturated carbocycles. The molecule has 1 aliphatic heterocycles. The Morgan fingerprint density at radius 2 is 2.20 bits per heavy atom. The molecular formula is C18H27N5O2. The van der Waals surface area contributed by atoms with Gasteiger partial charge in [-0.1, -0.05) is 25.9 Å². The Balaban J connectivity index is 1.70. The van der Waals surface area contributed by atoms with Gasteiger partial charge in [-0.15, -0.1) is 0 Å². The van der Waals surface area contributed by atoms with Gasteiger partial charge >= 0.3 is 0 Å². The summed E-state index contributed by atoms with van der Waals surface area (Å²) in [5.41, 5.74) is -1.41. The van der Waals surface area contributed by atoms with Crippen molar-refractivity contribution >= 4 is 5.78 Å². The van der Waals surface area contributed by atoms with Crippen molar-refractivity contribution < 1.29 is 9.32 Å². The minimum Gasteiger partial charge on any atom is -0.339 e. The molecule has 2 heterocycles. The summed E-state index contributed by atoms with van der Waals surface area (Å²) in [4.78, 5) is 17.1. The van der Waals surface area contributed by atoms with E-state index in [4.69, 9.17) is 4.52 Å². The lowest BCUT2D eigenvalue weighted by Gasteiger charge is -2.39. The molecule has 2 aliphatic rings. The molecular weight excluding hydrogens is 318 g/mol. The van der Waals surface area contributed by atoms with E-state index in [0.717, 1.165) is 25.8 Å². The van der Waals surface area contributed by atoms with Crippen molar-refractivity contribution in [1.82, 2.24) is 20.8 Å². The highest BCUT2D eigenvalue weighted by atomic mass is 16.5. The van der Waals surface area contributed by atoms with Crippen LogP contribution in [0.4, 0.5) is 0 Å². The number of nitriles is 1. The second-order valence-electron chi connectivity index (χ2n) is 8.14. The van der Waals surface area contributed by atoms with Crippen LogP contribution in [0.25, 0.3) is 0 Å². The summed E-state index contributed by atoms with van der Waals surface area (Å²) >= 11 is 0. The third-order valence-electron chi connectivity index (χ3n) is 6.56. The summed E-state index contributed by atoms with van der Waals surface area (Å²) in [7, 11) is 0. The van der Waals surface area contributed by atoms with Crippen molar-refractivity contribution in [2.75, 3.05) is 13.1 Å². The standard InChI is InChI=1S/C18H27N5O2/c1-12-22-15(25-23-12)17(4)8-6-13(16(17,2)3)20-10-14(24)18(11-19)7-5-9-21-18/h13,20-21H,5-10H2,1-4H3/t13-,17-,18?/m0/s1. The van der Waals surface area contributed by atoms with Crippen LogP contribution >= 0.6 is 0 Å². The van der Waals surface area contributed by atoms with E-state index >= 15 is 0 Å². The number of carbonyl (C=O) groups is 1. The molecule has 7 nitrogen and oxygen atoms in total. The van der Waals surface area contributed by atoms with Gasteiger partial charge in [0.15, 0.2) is 17.1 Å². The van der Waals surface area contributed by atoms with Crippen LogP contribution in [0.5, 0.6) is 0 Å².